The number of rotatable bonds is 8. The summed E-state index contributed by atoms with van der Waals surface area (Å²) < 4.78 is 18.5. The van der Waals surface area contributed by atoms with Gasteiger partial charge in [-0.2, -0.15) is 5.10 Å². The van der Waals surface area contributed by atoms with Gasteiger partial charge in [0.25, 0.3) is 0 Å². The van der Waals surface area contributed by atoms with Crippen LogP contribution in [0.3, 0.4) is 0 Å². The average molecular weight is 613 g/mol. The molecule has 0 bridgehead atoms. The SMILES string of the molecule is COc1ccc(C2SCC(=O)N(CC(=O)NCC3CCCO3)c3c2c(C(C)(C)C)nn3-c2ccccc2Cl)cc1OC. The van der Waals surface area contributed by atoms with Crippen LogP contribution in [0.5, 0.6) is 11.5 Å². The van der Waals surface area contributed by atoms with Crippen molar-refractivity contribution in [2.24, 2.45) is 0 Å². The summed E-state index contributed by atoms with van der Waals surface area (Å²) in [6.07, 6.45) is 1.89. The van der Waals surface area contributed by atoms with E-state index in [-0.39, 0.29) is 35.5 Å². The first-order valence-corrected chi connectivity index (χ1v) is 15.5. The molecule has 1 aromatic heterocycles. The van der Waals surface area contributed by atoms with E-state index >= 15 is 0 Å². The molecule has 3 heterocycles. The Kier molecular flexibility index (Phi) is 9.05. The number of anilines is 1. The lowest BCUT2D eigenvalue weighted by Crippen LogP contribution is -2.44. The van der Waals surface area contributed by atoms with Crippen LogP contribution in [0.15, 0.2) is 42.5 Å². The Labute approximate surface area is 255 Å². The Morgan fingerprint density at radius 1 is 1.17 bits per heavy atom. The summed E-state index contributed by atoms with van der Waals surface area (Å²) >= 11 is 8.21. The van der Waals surface area contributed by atoms with E-state index in [0.717, 1.165) is 29.7 Å². The Balaban J connectivity index is 1.68. The number of benzene rings is 2. The normalized spacial score (nSPS) is 18.9. The fourth-order valence-corrected chi connectivity index (χ4v) is 6.78. The first-order chi connectivity index (χ1) is 20.1. The number of nitrogens with zero attached hydrogens (tertiary/aromatic N) is 3. The van der Waals surface area contributed by atoms with Gasteiger partial charge in [-0.25, -0.2) is 4.68 Å². The predicted octanol–water partition coefficient (Wildman–Crippen LogP) is 5.30. The predicted molar refractivity (Wildman–Crippen MR) is 165 cm³/mol. The quantitative estimate of drug-likeness (QED) is 0.369. The molecule has 1 N–H and O–H groups in total. The van der Waals surface area contributed by atoms with Gasteiger partial charge in [0.1, 0.15) is 12.4 Å². The van der Waals surface area contributed by atoms with Crippen LogP contribution in [0.1, 0.15) is 55.7 Å². The zero-order chi connectivity index (χ0) is 30.0. The number of thioether (sulfide) groups is 1. The molecule has 42 heavy (non-hydrogen) atoms. The minimum absolute atomic E-state index is 0.00418. The van der Waals surface area contributed by atoms with Crippen molar-refractivity contribution in [3.8, 4) is 17.2 Å². The summed E-state index contributed by atoms with van der Waals surface area (Å²) in [5.41, 5.74) is 2.83. The van der Waals surface area contributed by atoms with Crippen molar-refractivity contribution in [1.82, 2.24) is 15.1 Å². The molecule has 0 radical (unpaired) electrons. The molecule has 1 saturated heterocycles. The number of hydrogen-bond donors (Lipinski definition) is 1. The zero-order valence-corrected chi connectivity index (χ0v) is 26.2. The Hall–Kier alpha value is -3.21. The van der Waals surface area contributed by atoms with E-state index in [1.165, 1.54) is 11.8 Å². The van der Waals surface area contributed by atoms with Crippen molar-refractivity contribution in [2.75, 3.05) is 44.6 Å². The number of aromatic nitrogens is 2. The fraction of sp³-hybridized carbons (Fsp3) is 0.452. The van der Waals surface area contributed by atoms with Gasteiger partial charge in [-0.3, -0.25) is 14.5 Å². The molecule has 2 aromatic carbocycles. The molecular weight excluding hydrogens is 576 g/mol. The maximum Gasteiger partial charge on any atom is 0.240 e. The summed E-state index contributed by atoms with van der Waals surface area (Å²) in [6.45, 7) is 7.23. The highest BCUT2D eigenvalue weighted by molar-refractivity contribution is 8.00. The van der Waals surface area contributed by atoms with E-state index in [9.17, 15) is 9.59 Å². The molecule has 9 nitrogen and oxygen atoms in total. The molecule has 2 aliphatic heterocycles. The van der Waals surface area contributed by atoms with E-state index in [0.29, 0.717) is 41.2 Å². The van der Waals surface area contributed by atoms with Crippen LogP contribution >= 0.6 is 23.4 Å². The molecule has 2 unspecified atom stereocenters. The summed E-state index contributed by atoms with van der Waals surface area (Å²) in [5.74, 6) is 1.46. The molecular formula is C31H37ClN4O5S. The summed E-state index contributed by atoms with van der Waals surface area (Å²) in [4.78, 5) is 28.7. The highest BCUT2D eigenvalue weighted by Gasteiger charge is 2.40. The molecule has 0 spiro atoms. The maximum atomic E-state index is 13.9. The lowest BCUT2D eigenvalue weighted by molar-refractivity contribution is -0.123. The first kappa shape index (κ1) is 30.3. The van der Waals surface area contributed by atoms with E-state index in [4.69, 9.17) is 30.9 Å². The van der Waals surface area contributed by atoms with Gasteiger partial charge in [0.2, 0.25) is 11.8 Å². The van der Waals surface area contributed by atoms with Crippen LogP contribution in [-0.2, 0) is 19.7 Å². The lowest BCUT2D eigenvalue weighted by Gasteiger charge is -2.25. The van der Waals surface area contributed by atoms with E-state index in [2.05, 4.69) is 26.1 Å². The second-order valence-electron chi connectivity index (χ2n) is 11.4. The van der Waals surface area contributed by atoms with Crippen molar-refractivity contribution in [1.29, 1.82) is 0 Å². The Morgan fingerprint density at radius 2 is 1.93 bits per heavy atom. The number of para-hydroxylation sites is 1. The van der Waals surface area contributed by atoms with Crippen LogP contribution in [0, 0.1) is 0 Å². The smallest absolute Gasteiger partial charge is 0.240 e. The number of amides is 2. The molecule has 3 aromatic rings. The highest BCUT2D eigenvalue weighted by Crippen LogP contribution is 2.49. The molecule has 5 rings (SSSR count). The number of carbonyl (C=O) groups excluding carboxylic acids is 2. The van der Waals surface area contributed by atoms with Crippen molar-refractivity contribution >= 4 is 41.0 Å². The van der Waals surface area contributed by atoms with E-state index in [1.54, 1.807) is 29.9 Å². The molecule has 1 fully saturated rings. The van der Waals surface area contributed by atoms with Crippen LogP contribution in [-0.4, -0.2) is 67.4 Å². The number of fused-ring (bicyclic) bond motifs is 1. The van der Waals surface area contributed by atoms with Gasteiger partial charge in [-0.15, -0.1) is 11.8 Å². The van der Waals surface area contributed by atoms with Gasteiger partial charge in [0.15, 0.2) is 11.5 Å². The van der Waals surface area contributed by atoms with Gasteiger partial charge in [0, 0.05) is 24.1 Å². The summed E-state index contributed by atoms with van der Waals surface area (Å²) in [6, 6.07) is 13.2. The van der Waals surface area contributed by atoms with Gasteiger partial charge >= 0.3 is 0 Å². The van der Waals surface area contributed by atoms with Gasteiger partial charge in [-0.05, 0) is 42.7 Å². The second-order valence-corrected chi connectivity index (χ2v) is 12.9. The summed E-state index contributed by atoms with van der Waals surface area (Å²) in [5, 5.41) is 8.28. The van der Waals surface area contributed by atoms with Crippen LogP contribution in [0.25, 0.3) is 5.69 Å². The Bertz CT molecular complexity index is 1460. The maximum absolute atomic E-state index is 13.9. The third-order valence-corrected chi connectivity index (χ3v) is 9.02. The topological polar surface area (TPSA) is 94.9 Å². The largest absolute Gasteiger partial charge is 0.493 e. The molecule has 2 amide bonds. The minimum Gasteiger partial charge on any atom is -0.493 e. The molecule has 0 aliphatic carbocycles. The number of hydrogen-bond acceptors (Lipinski definition) is 7. The molecule has 2 atom stereocenters. The summed E-state index contributed by atoms with van der Waals surface area (Å²) in [7, 11) is 3.20. The average Bonchev–Trinajstić information content (AvgIpc) is 3.61. The molecule has 224 valence electrons. The fourth-order valence-electron chi connectivity index (χ4n) is 5.38. The monoisotopic (exact) mass is 612 g/mol. The second kappa shape index (κ2) is 12.6. The third-order valence-electron chi connectivity index (χ3n) is 7.44. The van der Waals surface area contributed by atoms with Crippen molar-refractivity contribution in [3.63, 3.8) is 0 Å². The van der Waals surface area contributed by atoms with E-state index in [1.807, 2.05) is 36.4 Å². The Morgan fingerprint density at radius 3 is 2.60 bits per heavy atom. The van der Waals surface area contributed by atoms with Crippen molar-refractivity contribution in [2.45, 2.75) is 50.4 Å². The highest BCUT2D eigenvalue weighted by atomic mass is 35.5. The number of ether oxygens (including phenoxy) is 3. The van der Waals surface area contributed by atoms with Crippen molar-refractivity contribution < 1.29 is 23.8 Å². The van der Waals surface area contributed by atoms with Crippen molar-refractivity contribution in [3.05, 3.63) is 64.3 Å². The number of halogens is 1. The van der Waals surface area contributed by atoms with Gasteiger partial charge in [-0.1, -0.05) is 50.6 Å². The first-order valence-electron chi connectivity index (χ1n) is 14.0. The molecule has 0 saturated carbocycles. The third kappa shape index (κ3) is 6.11. The van der Waals surface area contributed by atoms with Gasteiger partial charge < -0.3 is 19.5 Å². The number of methoxy groups -OCH3 is 2. The minimum atomic E-state index is -0.396. The number of nitrogens with one attached hydrogen (secondary N) is 1. The van der Waals surface area contributed by atoms with Crippen LogP contribution in [0.4, 0.5) is 5.82 Å². The van der Waals surface area contributed by atoms with Crippen LogP contribution < -0.4 is 19.7 Å². The molecule has 2 aliphatic rings. The van der Waals surface area contributed by atoms with Crippen LogP contribution in [0.2, 0.25) is 5.02 Å². The zero-order valence-electron chi connectivity index (χ0n) is 24.6. The lowest BCUT2D eigenvalue weighted by atomic mass is 9.87. The van der Waals surface area contributed by atoms with E-state index < -0.39 is 5.41 Å². The molecule has 11 heteroatoms. The number of carbonyl (C=O) groups is 2. The standard InChI is InChI=1S/C31H37ClN4O5S/c1-31(2,3)29-27-28(19-12-13-23(39-4)24(15-19)40-5)42-18-26(38)35(17-25(37)33-16-20-9-8-14-41-20)30(27)36(34-29)22-11-7-6-10-21(22)32/h6-7,10-13,15,20,28H,8-9,14,16-18H2,1-5H3,(H,33,37). The van der Waals surface area contributed by atoms with Gasteiger partial charge in [0.05, 0.1) is 47.7 Å².